The first-order valence-electron chi connectivity index (χ1n) is 9.13. The number of aromatic nitrogens is 3. The van der Waals surface area contributed by atoms with Gasteiger partial charge in [0, 0.05) is 22.2 Å². The lowest BCUT2D eigenvalue weighted by Gasteiger charge is -2.15. The Labute approximate surface area is 199 Å². The minimum absolute atomic E-state index is 0.0547. The largest absolute Gasteiger partial charge is 0.504 e. The second-order valence-electron chi connectivity index (χ2n) is 6.58. The molecule has 0 amide bonds. The first-order chi connectivity index (χ1) is 16.1. The Bertz CT molecular complexity index is 1500. The van der Waals surface area contributed by atoms with E-state index in [2.05, 4.69) is 14.8 Å². The number of sulfonamides is 1. The molecule has 0 aliphatic heterocycles. The first-order valence-corrected chi connectivity index (χ1v) is 11.9. The highest BCUT2D eigenvalue weighted by Crippen LogP contribution is 2.39. The summed E-state index contributed by atoms with van der Waals surface area (Å²) in [5.74, 6) is -0.320. The van der Waals surface area contributed by atoms with Crippen molar-refractivity contribution in [2.24, 2.45) is 0 Å². The molecule has 0 atom stereocenters. The van der Waals surface area contributed by atoms with Gasteiger partial charge >= 0.3 is 6.30 Å². The number of anilines is 1. The predicted molar refractivity (Wildman–Crippen MR) is 118 cm³/mol. The topological polar surface area (TPSA) is 110 Å². The second-order valence-corrected chi connectivity index (χ2v) is 9.39. The Kier molecular flexibility index (Phi) is 6.22. The van der Waals surface area contributed by atoms with E-state index in [0.29, 0.717) is 0 Å². The van der Waals surface area contributed by atoms with Crippen LogP contribution in [0.3, 0.4) is 0 Å². The van der Waals surface area contributed by atoms with Crippen LogP contribution in [0.4, 0.5) is 19.0 Å². The number of nitrogens with zero attached hydrogens (tertiary/aromatic N) is 4. The number of alkyl halides is 3. The molecule has 0 saturated carbocycles. The molecular weight excluding hydrogens is 515 g/mol. The number of nitrogens with one attached hydrogen (secondary N) is 1. The summed E-state index contributed by atoms with van der Waals surface area (Å²) in [6.45, 7) is 0. The van der Waals surface area contributed by atoms with Gasteiger partial charge in [-0.25, -0.2) is 13.4 Å². The lowest BCUT2D eigenvalue weighted by atomic mass is 10.1. The average Bonchev–Trinajstić information content (AvgIpc) is 3.46. The molecule has 0 aliphatic rings. The zero-order chi connectivity index (χ0) is 24.5. The quantitative estimate of drug-likeness (QED) is 0.351. The predicted octanol–water partition coefficient (Wildman–Crippen LogP) is 5.60. The number of rotatable bonds is 6. The first kappa shape index (κ1) is 23.6. The van der Waals surface area contributed by atoms with Crippen molar-refractivity contribution in [3.8, 4) is 28.8 Å². The Morgan fingerprint density at radius 3 is 2.65 bits per heavy atom. The summed E-state index contributed by atoms with van der Waals surface area (Å²) in [7, 11) is -4.24. The standard InChI is InChI=1S/C20H11ClF3N5O3S2/c21-13-4-5-16(14(8-13)15-6-7-29(27-15)20(22,23)24)32-19-12(9-25)2-1-3-17(19)34(30,31)28-18-10-33-11-26-18/h1-8,10-11,28H. The van der Waals surface area contributed by atoms with Gasteiger partial charge in [0.1, 0.15) is 16.7 Å². The van der Waals surface area contributed by atoms with E-state index in [4.69, 9.17) is 16.3 Å². The molecule has 174 valence electrons. The van der Waals surface area contributed by atoms with Gasteiger partial charge in [0.2, 0.25) is 0 Å². The molecule has 4 aromatic rings. The molecule has 0 saturated heterocycles. The number of para-hydroxylation sites is 1. The van der Waals surface area contributed by atoms with Gasteiger partial charge in [0.15, 0.2) is 11.6 Å². The smallest absolute Gasteiger partial charge is 0.454 e. The normalized spacial score (nSPS) is 11.7. The second kappa shape index (κ2) is 8.98. The van der Waals surface area contributed by atoms with Crippen LogP contribution in [-0.4, -0.2) is 23.2 Å². The molecule has 34 heavy (non-hydrogen) atoms. The fraction of sp³-hybridized carbons (Fsp3) is 0.0500. The molecule has 2 aromatic carbocycles. The van der Waals surface area contributed by atoms with Gasteiger partial charge < -0.3 is 4.74 Å². The van der Waals surface area contributed by atoms with Gasteiger partial charge in [0.25, 0.3) is 10.0 Å². The zero-order valence-corrected chi connectivity index (χ0v) is 19.0. The maximum absolute atomic E-state index is 13.0. The number of nitriles is 1. The van der Waals surface area contributed by atoms with Crippen LogP contribution >= 0.6 is 22.9 Å². The van der Waals surface area contributed by atoms with Crippen LogP contribution in [0.15, 0.2) is 64.4 Å². The summed E-state index contributed by atoms with van der Waals surface area (Å²) in [5.41, 5.74) is 1.23. The highest BCUT2D eigenvalue weighted by atomic mass is 35.5. The van der Waals surface area contributed by atoms with Crippen molar-refractivity contribution in [3.05, 3.63) is 70.1 Å². The SMILES string of the molecule is N#Cc1cccc(S(=O)(=O)Nc2cscn2)c1Oc1ccc(Cl)cc1-c1ccn(C(F)(F)F)n1. The Morgan fingerprint density at radius 2 is 2.00 bits per heavy atom. The van der Waals surface area contributed by atoms with E-state index < -0.39 is 16.3 Å². The van der Waals surface area contributed by atoms with E-state index in [9.17, 15) is 26.9 Å². The number of benzene rings is 2. The molecular formula is C20H11ClF3N5O3S2. The van der Waals surface area contributed by atoms with Gasteiger partial charge in [0.05, 0.1) is 16.8 Å². The van der Waals surface area contributed by atoms with Gasteiger partial charge in [-0.2, -0.15) is 15.0 Å². The molecule has 0 radical (unpaired) electrons. The Morgan fingerprint density at radius 1 is 1.21 bits per heavy atom. The van der Waals surface area contributed by atoms with Gasteiger partial charge in [-0.3, -0.25) is 4.72 Å². The van der Waals surface area contributed by atoms with Crippen molar-refractivity contribution in [1.29, 1.82) is 5.26 Å². The Balaban J connectivity index is 1.81. The van der Waals surface area contributed by atoms with Gasteiger partial charge in [-0.1, -0.05) is 17.7 Å². The van der Waals surface area contributed by atoms with E-state index in [1.54, 1.807) is 0 Å². The van der Waals surface area contributed by atoms with E-state index >= 15 is 0 Å². The summed E-state index contributed by atoms with van der Waals surface area (Å²) in [5, 5.41) is 14.7. The lowest BCUT2D eigenvalue weighted by molar-refractivity contribution is -0.212. The number of hydrogen-bond acceptors (Lipinski definition) is 7. The van der Waals surface area contributed by atoms with E-state index in [1.165, 1.54) is 58.6 Å². The van der Waals surface area contributed by atoms with Crippen LogP contribution in [0.1, 0.15) is 5.56 Å². The molecule has 14 heteroatoms. The minimum Gasteiger partial charge on any atom is -0.454 e. The van der Waals surface area contributed by atoms with Crippen LogP contribution in [0.2, 0.25) is 5.02 Å². The number of thiazole rings is 1. The van der Waals surface area contributed by atoms with Crippen LogP contribution < -0.4 is 9.46 Å². The fourth-order valence-electron chi connectivity index (χ4n) is 2.89. The molecule has 0 bridgehead atoms. The van der Waals surface area contributed by atoms with Gasteiger partial charge in [-0.05, 0) is 36.4 Å². The highest BCUT2D eigenvalue weighted by molar-refractivity contribution is 7.92. The number of halogens is 4. The van der Waals surface area contributed by atoms with Gasteiger partial charge in [-0.15, -0.1) is 24.5 Å². The molecule has 2 heterocycles. The summed E-state index contributed by atoms with van der Waals surface area (Å²) < 4.78 is 73.0. The third kappa shape index (κ3) is 4.84. The summed E-state index contributed by atoms with van der Waals surface area (Å²) in [6.07, 6.45) is -4.02. The lowest BCUT2D eigenvalue weighted by Crippen LogP contribution is -2.17. The maximum atomic E-state index is 13.0. The van der Waals surface area contributed by atoms with Crippen molar-refractivity contribution < 1.29 is 26.3 Å². The molecule has 4 rings (SSSR count). The number of hydrogen-bond donors (Lipinski definition) is 1. The van der Waals surface area contributed by atoms with Crippen molar-refractivity contribution >= 4 is 38.8 Å². The third-order valence-electron chi connectivity index (χ3n) is 4.34. The number of ether oxygens (including phenoxy) is 1. The third-order valence-corrected chi connectivity index (χ3v) is 6.54. The zero-order valence-electron chi connectivity index (χ0n) is 16.6. The van der Waals surface area contributed by atoms with Crippen LogP contribution in [0.5, 0.6) is 11.5 Å². The molecule has 8 nitrogen and oxygen atoms in total. The van der Waals surface area contributed by atoms with E-state index in [-0.39, 0.29) is 48.7 Å². The molecule has 2 aromatic heterocycles. The monoisotopic (exact) mass is 525 g/mol. The summed E-state index contributed by atoms with van der Waals surface area (Å²) >= 11 is 7.20. The van der Waals surface area contributed by atoms with Crippen molar-refractivity contribution in [2.45, 2.75) is 11.2 Å². The van der Waals surface area contributed by atoms with E-state index in [1.807, 2.05) is 6.07 Å². The summed E-state index contributed by atoms with van der Waals surface area (Å²) in [6, 6.07) is 10.9. The molecule has 0 unspecified atom stereocenters. The van der Waals surface area contributed by atoms with Crippen LogP contribution in [-0.2, 0) is 16.3 Å². The average molecular weight is 526 g/mol. The van der Waals surface area contributed by atoms with Crippen LogP contribution in [0, 0.1) is 11.3 Å². The maximum Gasteiger partial charge on any atom is 0.504 e. The minimum atomic E-state index is -4.74. The summed E-state index contributed by atoms with van der Waals surface area (Å²) in [4.78, 5) is 3.50. The van der Waals surface area contributed by atoms with E-state index in [0.717, 1.165) is 12.3 Å². The van der Waals surface area contributed by atoms with Crippen molar-refractivity contribution in [2.75, 3.05) is 4.72 Å². The Hall–Kier alpha value is -3.60. The molecule has 0 aliphatic carbocycles. The van der Waals surface area contributed by atoms with Crippen molar-refractivity contribution in [3.63, 3.8) is 0 Å². The molecule has 0 fully saturated rings. The van der Waals surface area contributed by atoms with Crippen LogP contribution in [0.25, 0.3) is 11.3 Å². The van der Waals surface area contributed by atoms with Crippen molar-refractivity contribution in [1.82, 2.24) is 14.8 Å². The fourth-order valence-corrected chi connectivity index (χ4v) is 4.77. The molecule has 1 N–H and O–H groups in total. The highest BCUT2D eigenvalue weighted by Gasteiger charge is 2.32. The molecule has 0 spiro atoms.